The van der Waals surface area contributed by atoms with E-state index in [0.717, 1.165) is 30.6 Å². The van der Waals surface area contributed by atoms with E-state index in [1.165, 1.54) is 31.2 Å². The maximum absolute atomic E-state index is 6.37. The highest BCUT2D eigenvalue weighted by Gasteiger charge is 2.52. The molecule has 1 heterocycles. The van der Waals surface area contributed by atoms with Gasteiger partial charge in [-0.25, -0.2) is 0 Å². The highest BCUT2D eigenvalue weighted by Crippen LogP contribution is 2.57. The van der Waals surface area contributed by atoms with Gasteiger partial charge in [0.1, 0.15) is 0 Å². The van der Waals surface area contributed by atoms with Crippen LogP contribution in [0.15, 0.2) is 12.4 Å². The van der Waals surface area contributed by atoms with Gasteiger partial charge in [-0.3, -0.25) is 4.68 Å². The highest BCUT2D eigenvalue weighted by molar-refractivity contribution is 5.07. The largest absolute Gasteiger partial charge is 0.327 e. The summed E-state index contributed by atoms with van der Waals surface area (Å²) in [4.78, 5) is 0. The molecule has 0 radical (unpaired) electrons. The molecule has 2 N–H and O–H groups in total. The number of aromatic nitrogens is 2. The number of rotatable bonds is 4. The molecule has 3 rings (SSSR count). The summed E-state index contributed by atoms with van der Waals surface area (Å²) >= 11 is 0. The highest BCUT2D eigenvalue weighted by atomic mass is 15.2. The van der Waals surface area contributed by atoms with E-state index in [4.69, 9.17) is 5.73 Å². The van der Waals surface area contributed by atoms with Crippen LogP contribution in [0.1, 0.15) is 37.7 Å². The van der Waals surface area contributed by atoms with Gasteiger partial charge in [0.15, 0.2) is 0 Å². The third kappa shape index (κ3) is 2.25. The lowest BCUT2D eigenvalue weighted by Gasteiger charge is -2.10. The van der Waals surface area contributed by atoms with Crippen LogP contribution < -0.4 is 5.73 Å². The third-order valence-electron chi connectivity index (χ3n) is 4.74. The van der Waals surface area contributed by atoms with Crippen molar-refractivity contribution in [3.8, 4) is 0 Å². The number of fused-ring (bicyclic) bond motifs is 1. The van der Waals surface area contributed by atoms with Crippen molar-refractivity contribution in [3.63, 3.8) is 0 Å². The molecule has 2 saturated carbocycles. The second kappa shape index (κ2) is 4.45. The molecule has 3 unspecified atom stereocenters. The van der Waals surface area contributed by atoms with E-state index in [1.54, 1.807) is 0 Å². The van der Waals surface area contributed by atoms with Gasteiger partial charge in [0, 0.05) is 19.3 Å². The van der Waals surface area contributed by atoms with Gasteiger partial charge in [0.2, 0.25) is 0 Å². The van der Waals surface area contributed by atoms with Gasteiger partial charge < -0.3 is 5.73 Å². The maximum Gasteiger partial charge on any atom is 0.0521 e. The Labute approximate surface area is 103 Å². The summed E-state index contributed by atoms with van der Waals surface area (Å²) in [6, 6.07) is 0.420. The molecule has 0 aromatic carbocycles. The Morgan fingerprint density at radius 3 is 2.71 bits per heavy atom. The van der Waals surface area contributed by atoms with Crippen LogP contribution in [-0.4, -0.2) is 15.8 Å². The molecule has 3 heteroatoms. The summed E-state index contributed by atoms with van der Waals surface area (Å²) < 4.78 is 1.87. The molecule has 2 aliphatic carbocycles. The lowest BCUT2D eigenvalue weighted by molar-refractivity contribution is 0.480. The molecular formula is C14H23N3. The monoisotopic (exact) mass is 233 g/mol. The van der Waals surface area contributed by atoms with Gasteiger partial charge in [-0.1, -0.05) is 12.8 Å². The van der Waals surface area contributed by atoms with Crippen LogP contribution >= 0.6 is 0 Å². The van der Waals surface area contributed by atoms with Crippen molar-refractivity contribution in [2.45, 2.75) is 44.6 Å². The Morgan fingerprint density at radius 2 is 2.12 bits per heavy atom. The second-order valence-corrected chi connectivity index (χ2v) is 5.91. The Morgan fingerprint density at radius 1 is 1.41 bits per heavy atom. The van der Waals surface area contributed by atoms with Crippen molar-refractivity contribution < 1.29 is 0 Å². The first-order chi connectivity index (χ1) is 8.25. The SMILES string of the molecule is Cn1cc(CCC(N)C2C3CCCCC32)cn1. The van der Waals surface area contributed by atoms with Gasteiger partial charge in [-0.15, -0.1) is 0 Å². The molecule has 1 aromatic heterocycles. The minimum Gasteiger partial charge on any atom is -0.327 e. The van der Waals surface area contributed by atoms with Crippen LogP contribution in [-0.2, 0) is 13.5 Å². The zero-order valence-corrected chi connectivity index (χ0v) is 10.7. The van der Waals surface area contributed by atoms with Gasteiger partial charge >= 0.3 is 0 Å². The zero-order chi connectivity index (χ0) is 11.8. The van der Waals surface area contributed by atoms with Crippen LogP contribution in [0, 0.1) is 17.8 Å². The summed E-state index contributed by atoms with van der Waals surface area (Å²) in [5, 5.41) is 4.20. The molecule has 17 heavy (non-hydrogen) atoms. The Bertz CT molecular complexity index is 373. The van der Waals surface area contributed by atoms with Crippen LogP contribution in [0.2, 0.25) is 0 Å². The number of nitrogens with two attached hydrogens (primary N) is 1. The quantitative estimate of drug-likeness (QED) is 0.865. The van der Waals surface area contributed by atoms with E-state index in [2.05, 4.69) is 11.3 Å². The van der Waals surface area contributed by atoms with Crippen molar-refractivity contribution in [3.05, 3.63) is 18.0 Å². The number of hydrogen-bond acceptors (Lipinski definition) is 2. The fourth-order valence-corrected chi connectivity index (χ4v) is 3.81. The van der Waals surface area contributed by atoms with Crippen LogP contribution in [0.25, 0.3) is 0 Å². The number of hydrogen-bond donors (Lipinski definition) is 1. The van der Waals surface area contributed by atoms with Crippen molar-refractivity contribution in [2.24, 2.45) is 30.5 Å². The van der Waals surface area contributed by atoms with Gasteiger partial charge in [-0.2, -0.15) is 5.10 Å². The van der Waals surface area contributed by atoms with Crippen molar-refractivity contribution in [2.75, 3.05) is 0 Å². The van der Waals surface area contributed by atoms with E-state index in [0.29, 0.717) is 6.04 Å². The standard InChI is InChI=1S/C14H23N3/c1-17-9-10(8-16-17)6-7-13(15)14-11-4-2-3-5-12(11)14/h8-9,11-14H,2-7,15H2,1H3. The first-order valence-corrected chi connectivity index (χ1v) is 6.99. The lowest BCUT2D eigenvalue weighted by atomic mass is 10.0. The molecule has 3 nitrogen and oxygen atoms in total. The normalized spacial score (nSPS) is 33.2. The summed E-state index contributed by atoms with van der Waals surface area (Å²) in [6.45, 7) is 0. The summed E-state index contributed by atoms with van der Waals surface area (Å²) in [7, 11) is 1.97. The molecule has 2 aliphatic rings. The topological polar surface area (TPSA) is 43.8 Å². The van der Waals surface area contributed by atoms with Gasteiger partial charge in [0.05, 0.1) is 6.20 Å². The van der Waals surface area contributed by atoms with Crippen molar-refractivity contribution >= 4 is 0 Å². The minimum atomic E-state index is 0.420. The second-order valence-electron chi connectivity index (χ2n) is 5.91. The van der Waals surface area contributed by atoms with E-state index >= 15 is 0 Å². The van der Waals surface area contributed by atoms with Crippen molar-refractivity contribution in [1.29, 1.82) is 0 Å². The zero-order valence-electron chi connectivity index (χ0n) is 10.7. The summed E-state index contributed by atoms with van der Waals surface area (Å²) in [6.07, 6.45) is 12.0. The first kappa shape index (κ1) is 11.3. The molecule has 0 saturated heterocycles. The molecule has 0 spiro atoms. The summed E-state index contributed by atoms with van der Waals surface area (Å²) in [5.41, 5.74) is 7.69. The van der Waals surface area contributed by atoms with E-state index in [9.17, 15) is 0 Å². The fourth-order valence-electron chi connectivity index (χ4n) is 3.81. The number of aryl methyl sites for hydroxylation is 2. The van der Waals surface area contributed by atoms with Crippen LogP contribution in [0.4, 0.5) is 0 Å². The predicted octanol–water partition coefficient (Wildman–Crippen LogP) is 2.12. The predicted molar refractivity (Wildman–Crippen MR) is 68.4 cm³/mol. The Kier molecular flexibility index (Phi) is 2.95. The van der Waals surface area contributed by atoms with Crippen LogP contribution in [0.3, 0.4) is 0 Å². The van der Waals surface area contributed by atoms with E-state index in [1.807, 2.05) is 17.9 Å². The first-order valence-electron chi connectivity index (χ1n) is 6.99. The smallest absolute Gasteiger partial charge is 0.0521 e. The third-order valence-corrected chi connectivity index (χ3v) is 4.74. The van der Waals surface area contributed by atoms with Gasteiger partial charge in [-0.05, 0) is 49.0 Å². The molecule has 3 atom stereocenters. The Balaban J connectivity index is 1.49. The minimum absolute atomic E-state index is 0.420. The van der Waals surface area contributed by atoms with Crippen LogP contribution in [0.5, 0.6) is 0 Å². The average Bonchev–Trinajstić information content (AvgIpc) is 2.93. The van der Waals surface area contributed by atoms with E-state index in [-0.39, 0.29) is 0 Å². The molecule has 0 amide bonds. The Hall–Kier alpha value is -0.830. The van der Waals surface area contributed by atoms with Gasteiger partial charge in [0.25, 0.3) is 0 Å². The summed E-state index contributed by atoms with van der Waals surface area (Å²) in [5.74, 6) is 2.80. The van der Waals surface area contributed by atoms with Crippen molar-refractivity contribution in [1.82, 2.24) is 9.78 Å². The molecule has 0 bridgehead atoms. The average molecular weight is 233 g/mol. The molecule has 1 aromatic rings. The number of nitrogens with zero attached hydrogens (tertiary/aromatic N) is 2. The lowest BCUT2D eigenvalue weighted by Crippen LogP contribution is -2.24. The molecular weight excluding hydrogens is 210 g/mol. The fraction of sp³-hybridized carbons (Fsp3) is 0.786. The molecule has 2 fully saturated rings. The maximum atomic E-state index is 6.37. The molecule has 94 valence electrons. The van der Waals surface area contributed by atoms with E-state index < -0.39 is 0 Å². The molecule has 0 aliphatic heterocycles.